The molecule has 1 amide bonds. The molecule has 1 heterocycles. The van der Waals surface area contributed by atoms with E-state index in [2.05, 4.69) is 10.9 Å². The number of esters is 1. The molecule has 0 aliphatic heterocycles. The lowest BCUT2D eigenvalue weighted by atomic mass is 10.2. The van der Waals surface area contributed by atoms with Crippen molar-refractivity contribution in [2.24, 2.45) is 4.99 Å². The van der Waals surface area contributed by atoms with Crippen molar-refractivity contribution in [1.29, 1.82) is 0 Å². The summed E-state index contributed by atoms with van der Waals surface area (Å²) < 4.78 is 7.35. The van der Waals surface area contributed by atoms with Gasteiger partial charge in [-0.2, -0.15) is 4.99 Å². The highest BCUT2D eigenvalue weighted by Gasteiger charge is 2.12. The number of carbonyl (C=O) groups excluding carboxylic acids is 2. The third-order valence-electron chi connectivity index (χ3n) is 3.89. The van der Waals surface area contributed by atoms with Gasteiger partial charge in [0.05, 0.1) is 29.4 Å². The number of rotatable bonds is 4. The molecule has 0 atom stereocenters. The Morgan fingerprint density at radius 1 is 1.22 bits per heavy atom. The fraction of sp³-hybridized carbons (Fsp3) is 0.150. The average molecular weight is 396 g/mol. The van der Waals surface area contributed by atoms with Crippen LogP contribution in [0, 0.1) is 12.3 Å². The molecule has 5 nitrogen and oxygen atoms in total. The number of fused-ring (bicyclic) bond motifs is 1. The number of ether oxygens (including phenoxy) is 1. The second-order valence-corrected chi connectivity index (χ2v) is 7.38. The number of terminal acetylenes is 1. The summed E-state index contributed by atoms with van der Waals surface area (Å²) in [6.45, 7) is 0.273. The zero-order chi connectivity index (χ0) is 19.4. The fourth-order valence-corrected chi connectivity index (χ4v) is 4.01. The fourth-order valence-electron chi connectivity index (χ4n) is 2.53. The van der Waals surface area contributed by atoms with E-state index >= 15 is 0 Å². The Labute approximate surface area is 164 Å². The molecule has 0 fully saturated rings. The van der Waals surface area contributed by atoms with Gasteiger partial charge in [0.25, 0.3) is 5.91 Å². The molecule has 1 aromatic heterocycles. The molecule has 0 bridgehead atoms. The van der Waals surface area contributed by atoms with Gasteiger partial charge in [0, 0.05) is 10.5 Å². The van der Waals surface area contributed by atoms with Crippen LogP contribution in [0.25, 0.3) is 10.2 Å². The zero-order valence-corrected chi connectivity index (χ0v) is 16.4. The largest absolute Gasteiger partial charge is 0.465 e. The summed E-state index contributed by atoms with van der Waals surface area (Å²) in [7, 11) is 1.33. The molecule has 0 radical (unpaired) electrons. The molecule has 3 aromatic rings. The lowest BCUT2D eigenvalue weighted by Crippen LogP contribution is -2.16. The number of aromatic nitrogens is 1. The first-order valence-corrected chi connectivity index (χ1v) is 9.99. The third-order valence-corrected chi connectivity index (χ3v) is 5.67. The maximum Gasteiger partial charge on any atom is 0.337 e. The number of hydrogen-bond acceptors (Lipinski definition) is 5. The van der Waals surface area contributed by atoms with Crippen molar-refractivity contribution < 1.29 is 14.3 Å². The van der Waals surface area contributed by atoms with Crippen LogP contribution in [0.3, 0.4) is 0 Å². The highest BCUT2D eigenvalue weighted by molar-refractivity contribution is 7.98. The summed E-state index contributed by atoms with van der Waals surface area (Å²) in [5, 5.41) is 0. The van der Waals surface area contributed by atoms with E-state index in [1.165, 1.54) is 18.4 Å². The Bertz CT molecular complexity index is 1120. The van der Waals surface area contributed by atoms with Gasteiger partial charge in [-0.05, 0) is 48.7 Å². The van der Waals surface area contributed by atoms with Crippen LogP contribution in [0.15, 0.2) is 52.4 Å². The van der Waals surface area contributed by atoms with Gasteiger partial charge in [-0.15, -0.1) is 18.2 Å². The minimum absolute atomic E-state index is 0.273. The smallest absolute Gasteiger partial charge is 0.337 e. The van der Waals surface area contributed by atoms with Crippen molar-refractivity contribution in [2.75, 3.05) is 13.4 Å². The van der Waals surface area contributed by atoms with Gasteiger partial charge < -0.3 is 9.30 Å². The van der Waals surface area contributed by atoms with Crippen LogP contribution in [0.4, 0.5) is 0 Å². The Morgan fingerprint density at radius 3 is 2.56 bits per heavy atom. The molecule has 0 aliphatic rings. The van der Waals surface area contributed by atoms with Crippen molar-refractivity contribution in [3.63, 3.8) is 0 Å². The van der Waals surface area contributed by atoms with Crippen molar-refractivity contribution in [3.05, 3.63) is 58.4 Å². The number of methoxy groups -OCH3 is 1. The maximum absolute atomic E-state index is 12.6. The van der Waals surface area contributed by atoms with E-state index in [4.69, 9.17) is 11.2 Å². The Hall–Kier alpha value is -2.82. The molecular weight excluding hydrogens is 380 g/mol. The van der Waals surface area contributed by atoms with Crippen molar-refractivity contribution in [3.8, 4) is 12.3 Å². The quantitative estimate of drug-likeness (QED) is 0.384. The molecule has 0 saturated carbocycles. The first kappa shape index (κ1) is 19.0. The number of amides is 1. The Kier molecular flexibility index (Phi) is 5.79. The number of benzene rings is 2. The molecule has 0 unspecified atom stereocenters. The molecule has 136 valence electrons. The molecule has 0 N–H and O–H groups in total. The van der Waals surface area contributed by atoms with Crippen LogP contribution in [0.5, 0.6) is 0 Å². The van der Waals surface area contributed by atoms with Gasteiger partial charge in [-0.25, -0.2) is 4.79 Å². The van der Waals surface area contributed by atoms with Crippen LogP contribution in [0.1, 0.15) is 20.7 Å². The van der Waals surface area contributed by atoms with Crippen molar-refractivity contribution >= 4 is 45.2 Å². The van der Waals surface area contributed by atoms with Crippen LogP contribution in [-0.4, -0.2) is 29.8 Å². The summed E-state index contributed by atoms with van der Waals surface area (Å²) in [5.74, 6) is 1.82. The van der Waals surface area contributed by atoms with Crippen molar-refractivity contribution in [1.82, 2.24) is 4.57 Å². The number of thiazole rings is 1. The Morgan fingerprint density at radius 2 is 1.93 bits per heavy atom. The highest BCUT2D eigenvalue weighted by atomic mass is 32.2. The van der Waals surface area contributed by atoms with Gasteiger partial charge in [0.15, 0.2) is 4.80 Å². The van der Waals surface area contributed by atoms with E-state index in [0.29, 0.717) is 15.9 Å². The monoisotopic (exact) mass is 396 g/mol. The number of carbonyl (C=O) groups is 2. The van der Waals surface area contributed by atoms with Gasteiger partial charge in [-0.1, -0.05) is 17.3 Å². The normalized spacial score (nSPS) is 11.4. The van der Waals surface area contributed by atoms with Gasteiger partial charge in [0.1, 0.15) is 0 Å². The summed E-state index contributed by atoms with van der Waals surface area (Å²) in [6, 6.07) is 12.5. The average Bonchev–Trinajstić information content (AvgIpc) is 3.04. The standard InChI is InChI=1S/C20H16N2O3S2/c1-4-11-22-16-10-7-14(19(24)25-2)12-17(16)27-20(22)21-18(23)13-5-8-15(26-3)9-6-13/h1,5-10,12H,11H2,2-3H3. The summed E-state index contributed by atoms with van der Waals surface area (Å²) in [6.07, 6.45) is 7.46. The first-order chi connectivity index (χ1) is 13.1. The van der Waals surface area contributed by atoms with Crippen LogP contribution in [0.2, 0.25) is 0 Å². The van der Waals surface area contributed by atoms with Crippen LogP contribution < -0.4 is 4.80 Å². The predicted molar refractivity (Wildman–Crippen MR) is 108 cm³/mol. The summed E-state index contributed by atoms with van der Waals surface area (Å²) >= 11 is 2.91. The topological polar surface area (TPSA) is 60.7 Å². The maximum atomic E-state index is 12.6. The van der Waals surface area contributed by atoms with Crippen LogP contribution in [-0.2, 0) is 11.3 Å². The second-order valence-electron chi connectivity index (χ2n) is 5.49. The highest BCUT2D eigenvalue weighted by Crippen LogP contribution is 2.20. The molecule has 0 spiro atoms. The lowest BCUT2D eigenvalue weighted by molar-refractivity contribution is 0.0601. The summed E-state index contributed by atoms with van der Waals surface area (Å²) in [4.78, 5) is 30.1. The minimum Gasteiger partial charge on any atom is -0.465 e. The van der Waals surface area contributed by atoms with Gasteiger partial charge >= 0.3 is 5.97 Å². The third kappa shape index (κ3) is 3.97. The van der Waals surface area contributed by atoms with Gasteiger partial charge in [-0.3, -0.25) is 4.79 Å². The first-order valence-electron chi connectivity index (χ1n) is 7.95. The number of hydrogen-bond donors (Lipinski definition) is 0. The molecule has 0 aliphatic carbocycles. The van der Waals surface area contributed by atoms with E-state index in [9.17, 15) is 9.59 Å². The molecule has 0 saturated heterocycles. The predicted octanol–water partition coefficient (Wildman–Crippen LogP) is 3.59. The van der Waals surface area contributed by atoms with Crippen molar-refractivity contribution in [2.45, 2.75) is 11.4 Å². The number of thioether (sulfide) groups is 1. The SMILES string of the molecule is C#CCn1c(=NC(=O)c2ccc(SC)cc2)sc2cc(C(=O)OC)ccc21. The van der Waals surface area contributed by atoms with E-state index in [-0.39, 0.29) is 12.5 Å². The van der Waals surface area contributed by atoms with E-state index in [1.54, 1.807) is 46.7 Å². The zero-order valence-electron chi connectivity index (χ0n) is 14.8. The van der Waals surface area contributed by atoms with E-state index in [0.717, 1.165) is 15.1 Å². The lowest BCUT2D eigenvalue weighted by Gasteiger charge is -2.02. The van der Waals surface area contributed by atoms with Crippen LogP contribution >= 0.6 is 23.1 Å². The molecule has 3 rings (SSSR count). The molecular formula is C20H16N2O3S2. The van der Waals surface area contributed by atoms with E-state index in [1.807, 2.05) is 18.4 Å². The second kappa shape index (κ2) is 8.25. The molecule has 7 heteroatoms. The number of nitrogens with zero attached hydrogens (tertiary/aromatic N) is 2. The minimum atomic E-state index is -0.419. The van der Waals surface area contributed by atoms with E-state index < -0.39 is 5.97 Å². The Balaban J connectivity index is 2.09. The van der Waals surface area contributed by atoms with Gasteiger partial charge in [0.2, 0.25) is 0 Å². The molecule has 2 aromatic carbocycles. The molecule has 27 heavy (non-hydrogen) atoms. The summed E-state index contributed by atoms with van der Waals surface area (Å²) in [5.41, 5.74) is 1.76.